The molecule has 1 heterocycles. The van der Waals surface area contributed by atoms with E-state index in [4.69, 9.17) is 24.0 Å². The topological polar surface area (TPSA) is 132 Å². The Bertz CT molecular complexity index is 1200. The summed E-state index contributed by atoms with van der Waals surface area (Å²) in [6.07, 6.45) is -12.7. The molecule has 1 aliphatic rings. The van der Waals surface area contributed by atoms with Crippen LogP contribution in [0, 0.1) is 0 Å². The van der Waals surface area contributed by atoms with Crippen LogP contribution in [0.2, 0.25) is 0 Å². The van der Waals surface area contributed by atoms with Crippen LogP contribution in [0.1, 0.15) is 22.3 Å². The van der Waals surface area contributed by atoms with Crippen molar-refractivity contribution in [2.45, 2.75) is 37.8 Å². The fourth-order valence-corrected chi connectivity index (χ4v) is 3.76. The number of halogens is 6. The number of aliphatic hydroxyl groups excluding tert-OH is 1. The van der Waals surface area contributed by atoms with Crippen LogP contribution in [0.4, 0.5) is 26.3 Å². The lowest BCUT2D eigenvalue weighted by Crippen LogP contribution is -2.34. The van der Waals surface area contributed by atoms with Crippen molar-refractivity contribution in [3.63, 3.8) is 0 Å². The molecule has 1 aliphatic heterocycles. The van der Waals surface area contributed by atoms with Gasteiger partial charge in [0.05, 0.1) is 17.7 Å². The second-order valence-electron chi connectivity index (χ2n) is 7.80. The number of alkyl halides is 6. The maximum atomic E-state index is 12.8. The zero-order valence-electron chi connectivity index (χ0n) is 18.9. The lowest BCUT2D eigenvalue weighted by molar-refractivity contribution is -0.148. The van der Waals surface area contributed by atoms with Crippen LogP contribution in [-0.4, -0.2) is 39.7 Å². The lowest BCUT2D eigenvalue weighted by atomic mass is 10.1. The summed E-state index contributed by atoms with van der Waals surface area (Å²) in [4.78, 5) is 30.7. The van der Waals surface area contributed by atoms with Crippen molar-refractivity contribution < 1.29 is 69.3 Å². The molecule has 0 saturated heterocycles. The predicted molar refractivity (Wildman–Crippen MR) is 113 cm³/mol. The van der Waals surface area contributed by atoms with Crippen molar-refractivity contribution in [3.8, 4) is 0 Å². The molecule has 2 unspecified atom stereocenters. The standard InChI is InChI=1S/C22H19F6O9P/c23-21(24,25)14-5-1-12(2-6-14)10-34-18-17(16(9-29)37-38(31,32)33)36-20(30)19(18)35-11-13-3-7-15(8-4-13)22(26,27)28/h1-8,16-17,29H,9-11H2,(H2,31,32,33). The molecular formula is C22H19F6O9P. The minimum absolute atomic E-state index is 0.183. The third kappa shape index (κ3) is 7.71. The van der Waals surface area contributed by atoms with Crippen molar-refractivity contribution in [3.05, 3.63) is 82.3 Å². The molecule has 9 nitrogen and oxygen atoms in total. The zero-order valence-corrected chi connectivity index (χ0v) is 19.8. The average molecular weight is 572 g/mol. The van der Waals surface area contributed by atoms with E-state index in [-0.39, 0.29) is 11.1 Å². The molecule has 0 amide bonds. The van der Waals surface area contributed by atoms with Gasteiger partial charge in [-0.15, -0.1) is 0 Å². The number of benzene rings is 2. The molecule has 0 saturated carbocycles. The van der Waals surface area contributed by atoms with E-state index in [0.29, 0.717) is 0 Å². The first-order valence-electron chi connectivity index (χ1n) is 10.5. The van der Waals surface area contributed by atoms with Crippen molar-refractivity contribution in [1.29, 1.82) is 0 Å². The number of esters is 1. The first kappa shape index (κ1) is 29.5. The van der Waals surface area contributed by atoms with Crippen molar-refractivity contribution in [2.75, 3.05) is 6.61 Å². The third-order valence-electron chi connectivity index (χ3n) is 5.03. The highest BCUT2D eigenvalue weighted by molar-refractivity contribution is 7.46. The lowest BCUT2D eigenvalue weighted by Gasteiger charge is -2.23. The Morgan fingerprint density at radius 2 is 1.29 bits per heavy atom. The molecule has 0 spiro atoms. The maximum Gasteiger partial charge on any atom is 0.470 e. The SMILES string of the molecule is O=C1OC(C(CO)OP(=O)(O)O)C(OCc2ccc(C(F)(F)F)cc2)=C1OCc1ccc(C(F)(F)F)cc1. The van der Waals surface area contributed by atoms with E-state index in [1.165, 1.54) is 0 Å². The van der Waals surface area contributed by atoms with Crippen LogP contribution in [0.25, 0.3) is 0 Å². The number of rotatable bonds is 10. The van der Waals surface area contributed by atoms with E-state index in [1.54, 1.807) is 0 Å². The summed E-state index contributed by atoms with van der Waals surface area (Å²) in [5.41, 5.74) is -1.49. The molecule has 0 fully saturated rings. The van der Waals surface area contributed by atoms with Crippen LogP contribution < -0.4 is 0 Å². The second kappa shape index (κ2) is 11.3. The zero-order chi connectivity index (χ0) is 28.3. The number of ether oxygens (including phenoxy) is 3. The summed E-state index contributed by atoms with van der Waals surface area (Å²) in [6.45, 7) is -2.00. The van der Waals surface area contributed by atoms with Crippen LogP contribution in [-0.2, 0) is 53.7 Å². The Morgan fingerprint density at radius 3 is 1.68 bits per heavy atom. The van der Waals surface area contributed by atoms with Gasteiger partial charge in [-0.2, -0.15) is 26.3 Å². The van der Waals surface area contributed by atoms with Gasteiger partial charge in [0.25, 0.3) is 0 Å². The van der Waals surface area contributed by atoms with Gasteiger partial charge in [0.1, 0.15) is 19.3 Å². The Kier molecular flexibility index (Phi) is 8.79. The predicted octanol–water partition coefficient (Wildman–Crippen LogP) is 4.06. The van der Waals surface area contributed by atoms with E-state index in [2.05, 4.69) is 4.52 Å². The highest BCUT2D eigenvalue weighted by atomic mass is 31.2. The molecule has 0 aromatic heterocycles. The maximum absolute atomic E-state index is 12.8. The molecule has 2 atom stereocenters. The van der Waals surface area contributed by atoms with Gasteiger partial charge in [0.15, 0.2) is 11.9 Å². The molecule has 208 valence electrons. The minimum atomic E-state index is -5.21. The first-order valence-corrected chi connectivity index (χ1v) is 12.0. The van der Waals surface area contributed by atoms with Gasteiger partial charge in [-0.25, -0.2) is 9.36 Å². The monoisotopic (exact) mass is 572 g/mol. The van der Waals surface area contributed by atoms with Crippen molar-refractivity contribution >= 4 is 13.8 Å². The fraction of sp³-hybridized carbons (Fsp3) is 0.318. The summed E-state index contributed by atoms with van der Waals surface area (Å²) in [7, 11) is -5.21. The number of phosphoric acid groups is 1. The summed E-state index contributed by atoms with van der Waals surface area (Å²) in [5.74, 6) is -2.36. The molecular weight excluding hydrogens is 553 g/mol. The smallest absolute Gasteiger partial charge is 0.470 e. The number of phosphoric ester groups is 1. The second-order valence-corrected chi connectivity index (χ2v) is 8.99. The van der Waals surface area contributed by atoms with Gasteiger partial charge in [-0.3, -0.25) is 4.52 Å². The number of aliphatic hydroxyl groups is 1. The van der Waals surface area contributed by atoms with E-state index in [1.807, 2.05) is 0 Å². The molecule has 0 radical (unpaired) electrons. The molecule has 0 aliphatic carbocycles. The highest BCUT2D eigenvalue weighted by Gasteiger charge is 2.45. The largest absolute Gasteiger partial charge is 0.485 e. The normalized spacial score (nSPS) is 17.4. The number of cyclic esters (lactones) is 1. The Morgan fingerprint density at radius 1 is 0.842 bits per heavy atom. The summed E-state index contributed by atoms with van der Waals surface area (Å²) in [5, 5.41) is 9.55. The van der Waals surface area contributed by atoms with Gasteiger partial charge in [-0.1, -0.05) is 24.3 Å². The summed E-state index contributed by atoms with van der Waals surface area (Å²) in [6, 6.07) is 7.42. The minimum Gasteiger partial charge on any atom is -0.485 e. The number of carbonyl (C=O) groups excluding carboxylic acids is 1. The fourth-order valence-electron chi connectivity index (χ4n) is 3.23. The van der Waals surface area contributed by atoms with Crippen LogP contribution in [0.15, 0.2) is 60.0 Å². The van der Waals surface area contributed by atoms with Crippen LogP contribution >= 0.6 is 7.82 Å². The van der Waals surface area contributed by atoms with E-state index in [0.717, 1.165) is 48.5 Å². The Balaban J connectivity index is 1.86. The molecule has 38 heavy (non-hydrogen) atoms. The average Bonchev–Trinajstić information content (AvgIpc) is 3.13. The van der Waals surface area contributed by atoms with Gasteiger partial charge in [0, 0.05) is 0 Å². The number of hydrogen-bond donors (Lipinski definition) is 3. The summed E-state index contributed by atoms with van der Waals surface area (Å²) >= 11 is 0. The first-order chi connectivity index (χ1) is 17.6. The Hall–Kier alpha value is -3.10. The van der Waals surface area contributed by atoms with E-state index < -0.39 is 80.8 Å². The summed E-state index contributed by atoms with van der Waals surface area (Å²) < 4.78 is 108. The van der Waals surface area contributed by atoms with Gasteiger partial charge >= 0.3 is 26.1 Å². The van der Waals surface area contributed by atoms with Gasteiger partial charge in [-0.05, 0) is 35.4 Å². The van der Waals surface area contributed by atoms with Crippen molar-refractivity contribution in [1.82, 2.24) is 0 Å². The number of carbonyl (C=O) groups is 1. The molecule has 16 heteroatoms. The van der Waals surface area contributed by atoms with Gasteiger partial charge in [0.2, 0.25) is 5.76 Å². The quantitative estimate of drug-likeness (QED) is 0.219. The van der Waals surface area contributed by atoms with E-state index >= 15 is 0 Å². The Labute approximate surface area is 210 Å². The molecule has 3 rings (SSSR count). The van der Waals surface area contributed by atoms with E-state index in [9.17, 15) is 40.8 Å². The van der Waals surface area contributed by atoms with Gasteiger partial charge < -0.3 is 29.1 Å². The molecule has 2 aromatic rings. The van der Waals surface area contributed by atoms with Crippen molar-refractivity contribution in [2.24, 2.45) is 0 Å². The molecule has 3 N–H and O–H groups in total. The molecule has 0 bridgehead atoms. The van der Waals surface area contributed by atoms with Crippen LogP contribution in [0.5, 0.6) is 0 Å². The number of hydrogen-bond acceptors (Lipinski definition) is 7. The molecule has 2 aromatic carbocycles. The third-order valence-corrected chi connectivity index (χ3v) is 5.58. The highest BCUT2D eigenvalue weighted by Crippen LogP contribution is 2.41. The van der Waals surface area contributed by atoms with Crippen LogP contribution in [0.3, 0.4) is 0 Å².